The number of likely N-dealkylation sites (N-methyl/N-ethyl adjacent to an activating group) is 1. The molecule has 3 heterocycles. The Bertz CT molecular complexity index is 1160. The Morgan fingerprint density at radius 3 is 2.47 bits per heavy atom. The van der Waals surface area contributed by atoms with Crippen molar-refractivity contribution in [3.05, 3.63) is 47.3 Å². The number of nitrogens with zero attached hydrogens (tertiary/aromatic N) is 5. The van der Waals surface area contributed by atoms with Crippen molar-refractivity contribution in [3.63, 3.8) is 0 Å². The topological polar surface area (TPSA) is 63.0 Å². The van der Waals surface area contributed by atoms with Crippen molar-refractivity contribution < 1.29 is 22.7 Å². The summed E-state index contributed by atoms with van der Waals surface area (Å²) < 4.78 is 48.0. The lowest BCUT2D eigenvalue weighted by Gasteiger charge is -2.38. The van der Waals surface area contributed by atoms with E-state index in [1.54, 1.807) is 29.2 Å². The summed E-state index contributed by atoms with van der Waals surface area (Å²) in [6.45, 7) is 5.13. The molecule has 0 spiro atoms. The fraction of sp³-hybridized carbons (Fsp3) is 0.409. The van der Waals surface area contributed by atoms with Crippen molar-refractivity contribution in [1.29, 1.82) is 0 Å². The van der Waals surface area contributed by atoms with Crippen LogP contribution in [0.5, 0.6) is 5.75 Å². The van der Waals surface area contributed by atoms with Crippen LogP contribution in [0.3, 0.4) is 0 Å². The van der Waals surface area contributed by atoms with Crippen molar-refractivity contribution in [2.45, 2.75) is 26.1 Å². The quantitative estimate of drug-likeness (QED) is 0.615. The lowest BCUT2D eigenvalue weighted by atomic mass is 10.0. The summed E-state index contributed by atoms with van der Waals surface area (Å²) in [6, 6.07) is 6.52. The molecule has 7 nitrogen and oxygen atoms in total. The molecule has 10 heteroatoms. The van der Waals surface area contributed by atoms with E-state index in [1.807, 2.05) is 14.0 Å². The molecule has 1 amide bonds. The molecular weight excluding hydrogens is 423 g/mol. The van der Waals surface area contributed by atoms with Crippen LogP contribution in [0.1, 0.15) is 28.5 Å². The first-order chi connectivity index (χ1) is 15.1. The van der Waals surface area contributed by atoms with E-state index in [0.717, 1.165) is 4.52 Å². The highest BCUT2D eigenvalue weighted by molar-refractivity contribution is 6.00. The number of amides is 1. The number of fused-ring (bicyclic) bond motifs is 1. The van der Waals surface area contributed by atoms with Crippen molar-refractivity contribution in [2.75, 3.05) is 33.8 Å². The maximum Gasteiger partial charge on any atom is 0.433 e. The summed E-state index contributed by atoms with van der Waals surface area (Å²) in [6.07, 6.45) is -3.50. The van der Waals surface area contributed by atoms with Gasteiger partial charge >= 0.3 is 6.18 Å². The second-order valence-electron chi connectivity index (χ2n) is 8.06. The maximum atomic E-state index is 14.1. The molecule has 0 saturated carbocycles. The number of carbonyl (C=O) groups is 1. The van der Waals surface area contributed by atoms with E-state index in [2.05, 4.69) is 15.0 Å². The molecule has 0 N–H and O–H groups in total. The number of rotatable bonds is 3. The molecule has 32 heavy (non-hydrogen) atoms. The Morgan fingerprint density at radius 1 is 1.19 bits per heavy atom. The molecule has 1 saturated heterocycles. The number of halogens is 3. The van der Waals surface area contributed by atoms with Gasteiger partial charge in [-0.2, -0.15) is 18.3 Å². The average Bonchev–Trinajstić information content (AvgIpc) is 3.15. The van der Waals surface area contributed by atoms with Crippen molar-refractivity contribution in [2.24, 2.45) is 0 Å². The molecule has 0 unspecified atom stereocenters. The number of hydrogen-bond acceptors (Lipinski definition) is 5. The lowest BCUT2D eigenvalue weighted by molar-refractivity contribution is -0.143. The zero-order valence-corrected chi connectivity index (χ0v) is 18.3. The third kappa shape index (κ3) is 3.79. The Hall–Kier alpha value is -3.14. The standard InChI is InChI=1S/C22H24F3N5O2/c1-13-12-28(3)9-10-29(13)21(31)17-11-26-30-19(22(23,24)25)14(2)18(27-20(17)30)15-5-7-16(32-4)8-6-15/h5-8,11,13H,9-10,12H2,1-4H3/t13-/m1/s1. The van der Waals surface area contributed by atoms with Gasteiger partial charge in [0, 0.05) is 36.8 Å². The summed E-state index contributed by atoms with van der Waals surface area (Å²) in [7, 11) is 3.48. The largest absolute Gasteiger partial charge is 0.497 e. The van der Waals surface area contributed by atoms with E-state index < -0.39 is 11.9 Å². The van der Waals surface area contributed by atoms with Crippen LogP contribution in [0, 0.1) is 6.92 Å². The Labute approximate surface area is 183 Å². The Morgan fingerprint density at radius 2 is 1.88 bits per heavy atom. The summed E-state index contributed by atoms with van der Waals surface area (Å²) in [4.78, 5) is 21.6. The fourth-order valence-corrected chi connectivity index (χ4v) is 4.18. The van der Waals surface area contributed by atoms with Crippen LogP contribution in [-0.4, -0.2) is 70.1 Å². The number of alkyl halides is 3. The van der Waals surface area contributed by atoms with Gasteiger partial charge in [0.2, 0.25) is 0 Å². The predicted octanol–water partition coefficient (Wildman–Crippen LogP) is 3.51. The summed E-state index contributed by atoms with van der Waals surface area (Å²) in [5.74, 6) is 0.207. The van der Waals surface area contributed by atoms with Crippen LogP contribution >= 0.6 is 0 Å². The first-order valence-corrected chi connectivity index (χ1v) is 10.2. The van der Waals surface area contributed by atoms with Gasteiger partial charge in [-0.25, -0.2) is 9.50 Å². The van der Waals surface area contributed by atoms with Gasteiger partial charge in [-0.1, -0.05) is 0 Å². The first-order valence-electron chi connectivity index (χ1n) is 10.2. The number of methoxy groups -OCH3 is 1. The normalized spacial score (nSPS) is 17.7. The van der Waals surface area contributed by atoms with Crippen LogP contribution in [0.2, 0.25) is 0 Å². The van der Waals surface area contributed by atoms with Crippen LogP contribution in [0.25, 0.3) is 16.9 Å². The predicted molar refractivity (Wildman–Crippen MR) is 113 cm³/mol. The number of aromatic nitrogens is 3. The highest BCUT2D eigenvalue weighted by Crippen LogP contribution is 2.37. The molecular formula is C22H24F3N5O2. The van der Waals surface area contributed by atoms with Gasteiger partial charge in [0.25, 0.3) is 5.91 Å². The van der Waals surface area contributed by atoms with Gasteiger partial charge in [0.1, 0.15) is 11.3 Å². The number of piperazine rings is 1. The molecule has 0 aliphatic carbocycles. The zero-order valence-electron chi connectivity index (χ0n) is 18.3. The van der Waals surface area contributed by atoms with E-state index in [1.165, 1.54) is 20.2 Å². The molecule has 1 aromatic carbocycles. The second kappa shape index (κ2) is 8.09. The summed E-state index contributed by atoms with van der Waals surface area (Å²) in [5, 5.41) is 3.92. The van der Waals surface area contributed by atoms with Crippen molar-refractivity contribution >= 4 is 11.6 Å². The van der Waals surface area contributed by atoms with Gasteiger partial charge in [-0.15, -0.1) is 0 Å². The van der Waals surface area contributed by atoms with Crippen molar-refractivity contribution in [3.8, 4) is 17.0 Å². The average molecular weight is 447 g/mol. The number of carbonyl (C=O) groups excluding carboxylic acids is 1. The highest BCUT2D eigenvalue weighted by Gasteiger charge is 2.39. The van der Waals surface area contributed by atoms with Gasteiger partial charge in [-0.3, -0.25) is 4.79 Å². The third-order valence-electron chi connectivity index (χ3n) is 5.84. The number of benzene rings is 1. The monoisotopic (exact) mass is 447 g/mol. The minimum absolute atomic E-state index is 0.0571. The SMILES string of the molecule is COc1ccc(-c2nc3c(C(=O)N4CCN(C)C[C@H]4C)cnn3c(C(F)(F)F)c2C)cc1. The highest BCUT2D eigenvalue weighted by atomic mass is 19.4. The summed E-state index contributed by atoms with van der Waals surface area (Å²) >= 11 is 0. The molecule has 1 aliphatic heterocycles. The molecule has 3 aromatic rings. The van der Waals surface area contributed by atoms with E-state index in [9.17, 15) is 18.0 Å². The molecule has 1 atom stereocenters. The lowest BCUT2D eigenvalue weighted by Crippen LogP contribution is -2.52. The van der Waals surface area contributed by atoms with E-state index in [0.29, 0.717) is 30.9 Å². The van der Waals surface area contributed by atoms with Crippen LogP contribution in [-0.2, 0) is 6.18 Å². The zero-order chi connectivity index (χ0) is 23.2. The minimum Gasteiger partial charge on any atom is -0.497 e. The smallest absolute Gasteiger partial charge is 0.433 e. The molecule has 170 valence electrons. The Balaban J connectivity index is 1.89. The van der Waals surface area contributed by atoms with Crippen LogP contribution in [0.15, 0.2) is 30.5 Å². The maximum absolute atomic E-state index is 14.1. The first kappa shape index (κ1) is 22.1. The van der Waals surface area contributed by atoms with Crippen LogP contribution < -0.4 is 4.74 Å². The van der Waals surface area contributed by atoms with Gasteiger partial charge in [-0.05, 0) is 45.2 Å². The molecule has 0 radical (unpaired) electrons. The molecule has 1 fully saturated rings. The number of hydrogen-bond donors (Lipinski definition) is 0. The molecule has 0 bridgehead atoms. The summed E-state index contributed by atoms with van der Waals surface area (Å²) in [5.41, 5.74) is -0.423. The Kier molecular flexibility index (Phi) is 5.58. The fourth-order valence-electron chi connectivity index (χ4n) is 4.18. The molecule has 1 aliphatic rings. The van der Waals surface area contributed by atoms with Gasteiger partial charge in [0.05, 0.1) is 19.0 Å². The second-order valence-corrected chi connectivity index (χ2v) is 8.06. The third-order valence-corrected chi connectivity index (χ3v) is 5.84. The molecule has 4 rings (SSSR count). The van der Waals surface area contributed by atoms with Gasteiger partial charge in [0.15, 0.2) is 11.3 Å². The van der Waals surface area contributed by atoms with Crippen molar-refractivity contribution in [1.82, 2.24) is 24.4 Å². The minimum atomic E-state index is -4.68. The van der Waals surface area contributed by atoms with Gasteiger partial charge < -0.3 is 14.5 Å². The van der Waals surface area contributed by atoms with E-state index >= 15 is 0 Å². The molecule has 2 aromatic heterocycles. The number of ether oxygens (including phenoxy) is 1. The van der Waals surface area contributed by atoms with E-state index in [-0.39, 0.29) is 34.4 Å². The van der Waals surface area contributed by atoms with E-state index in [4.69, 9.17) is 4.74 Å². The van der Waals surface area contributed by atoms with Crippen LogP contribution in [0.4, 0.5) is 13.2 Å².